The molecule has 0 bridgehead atoms. The molecule has 2 aromatic carbocycles. The van der Waals surface area contributed by atoms with Crippen LogP contribution >= 0.6 is 15.9 Å². The number of nitrogen functional groups attached to an aromatic ring is 2. The van der Waals surface area contributed by atoms with Crippen molar-refractivity contribution in [3.63, 3.8) is 0 Å². The highest BCUT2D eigenvalue weighted by atomic mass is 79.9. The molecule has 0 aliphatic carbocycles. The number of nitrogens with two attached hydrogens (primary N) is 2. The number of aryl methyl sites for hydroxylation is 1. The lowest BCUT2D eigenvalue weighted by Crippen LogP contribution is -2.32. The average Bonchev–Trinajstić information content (AvgIpc) is 2.90. The van der Waals surface area contributed by atoms with Crippen molar-refractivity contribution in [2.45, 2.75) is 19.9 Å². The number of hydrogen-bond acceptors (Lipinski definition) is 11. The van der Waals surface area contributed by atoms with Crippen molar-refractivity contribution in [3.05, 3.63) is 63.1 Å². The Hall–Kier alpha value is -5.01. The average molecular weight is 590 g/mol. The fraction of sp³-hybridized carbons (Fsp3) is 0.192. The Kier molecular flexibility index (Phi) is 8.03. The number of aliphatic imine (C=N–C) groups is 1. The number of nitrogens with zero attached hydrogens (tertiary/aromatic N) is 4. The summed E-state index contributed by atoms with van der Waals surface area (Å²) in [6.45, 7) is 3.77. The van der Waals surface area contributed by atoms with E-state index in [2.05, 4.69) is 41.9 Å². The minimum atomic E-state index is -0.802. The normalized spacial score (nSPS) is 13.6. The fourth-order valence-corrected chi connectivity index (χ4v) is 4.53. The SMILES string of the molecule is CCOc1cc(C2N=C(NC#N)Nc3nc(N)c(C#N)c(N)c32)c(Br)cc1OCC(=O)Nc1ccccc1C. The van der Waals surface area contributed by atoms with Crippen LogP contribution in [0.1, 0.15) is 35.2 Å². The number of halogens is 1. The molecule has 2 heterocycles. The number of ether oxygens (including phenoxy) is 2. The van der Waals surface area contributed by atoms with Gasteiger partial charge in [-0.15, -0.1) is 0 Å². The van der Waals surface area contributed by atoms with Crippen molar-refractivity contribution < 1.29 is 14.3 Å². The summed E-state index contributed by atoms with van der Waals surface area (Å²) in [5.41, 5.74) is 15.0. The quantitative estimate of drug-likeness (QED) is 0.200. The van der Waals surface area contributed by atoms with Crippen LogP contribution in [-0.2, 0) is 4.79 Å². The van der Waals surface area contributed by atoms with E-state index in [0.29, 0.717) is 39.4 Å². The van der Waals surface area contributed by atoms with Crippen LogP contribution in [0.15, 0.2) is 45.9 Å². The maximum atomic E-state index is 12.6. The largest absolute Gasteiger partial charge is 0.490 e. The molecule has 13 heteroatoms. The summed E-state index contributed by atoms with van der Waals surface area (Å²) in [6.07, 6.45) is 1.82. The second-order valence-electron chi connectivity index (χ2n) is 8.31. The Bertz CT molecular complexity index is 1560. The molecular weight excluding hydrogens is 566 g/mol. The van der Waals surface area contributed by atoms with E-state index in [1.165, 1.54) is 0 Å². The number of nitrogens with one attached hydrogen (secondary N) is 3. The van der Waals surface area contributed by atoms with Crippen LogP contribution in [0.5, 0.6) is 11.5 Å². The molecule has 0 fully saturated rings. The summed E-state index contributed by atoms with van der Waals surface area (Å²) in [4.78, 5) is 21.4. The first kappa shape index (κ1) is 27.0. The smallest absolute Gasteiger partial charge is 0.262 e. The maximum absolute atomic E-state index is 12.6. The Labute approximate surface area is 232 Å². The van der Waals surface area contributed by atoms with Crippen LogP contribution in [0.2, 0.25) is 0 Å². The molecule has 3 aromatic rings. The summed E-state index contributed by atoms with van der Waals surface area (Å²) < 4.78 is 12.2. The van der Waals surface area contributed by atoms with Gasteiger partial charge in [-0.1, -0.05) is 34.1 Å². The number of amides is 1. The van der Waals surface area contributed by atoms with Crippen LogP contribution in [0.4, 0.5) is 23.0 Å². The maximum Gasteiger partial charge on any atom is 0.262 e. The third kappa shape index (κ3) is 5.63. The molecule has 1 amide bonds. The highest BCUT2D eigenvalue weighted by Crippen LogP contribution is 2.45. The number of pyridine rings is 1. The van der Waals surface area contributed by atoms with E-state index in [1.807, 2.05) is 50.4 Å². The first-order chi connectivity index (χ1) is 18.8. The molecule has 1 atom stereocenters. The number of rotatable bonds is 7. The minimum absolute atomic E-state index is 0.0215. The summed E-state index contributed by atoms with van der Waals surface area (Å²) in [5, 5.41) is 26.9. The highest BCUT2D eigenvalue weighted by molar-refractivity contribution is 9.10. The topological polar surface area (TPSA) is 196 Å². The van der Waals surface area contributed by atoms with Gasteiger partial charge in [0.15, 0.2) is 24.3 Å². The summed E-state index contributed by atoms with van der Waals surface area (Å²) in [6, 6.07) is 11.9. The summed E-state index contributed by atoms with van der Waals surface area (Å²) in [7, 11) is 0. The van der Waals surface area contributed by atoms with E-state index in [9.17, 15) is 10.1 Å². The minimum Gasteiger partial charge on any atom is -0.490 e. The lowest BCUT2D eigenvalue weighted by atomic mass is 9.95. The summed E-state index contributed by atoms with van der Waals surface area (Å²) >= 11 is 3.56. The number of anilines is 4. The van der Waals surface area contributed by atoms with Crippen LogP contribution in [0.25, 0.3) is 0 Å². The second-order valence-corrected chi connectivity index (χ2v) is 9.16. The van der Waals surface area contributed by atoms with Crippen molar-refractivity contribution in [3.8, 4) is 23.8 Å². The lowest BCUT2D eigenvalue weighted by molar-refractivity contribution is -0.118. The number of hydrogen-bond donors (Lipinski definition) is 5. The number of benzene rings is 2. The molecule has 0 saturated heterocycles. The number of carbonyl (C=O) groups excluding carboxylic acids is 1. The van der Waals surface area contributed by atoms with Crippen LogP contribution in [0, 0.1) is 29.7 Å². The molecule has 1 aromatic heterocycles. The van der Waals surface area contributed by atoms with Crippen LogP contribution in [-0.4, -0.2) is 30.1 Å². The van der Waals surface area contributed by atoms with E-state index in [1.54, 1.807) is 12.1 Å². The number of carbonyl (C=O) groups is 1. The van der Waals surface area contributed by atoms with Crippen molar-refractivity contribution in [1.29, 1.82) is 10.5 Å². The van der Waals surface area contributed by atoms with Crippen molar-refractivity contribution >= 4 is 50.8 Å². The molecule has 1 unspecified atom stereocenters. The second kappa shape index (κ2) is 11.6. The summed E-state index contributed by atoms with van der Waals surface area (Å²) in [5.74, 6) is 0.648. The molecule has 7 N–H and O–H groups in total. The molecule has 198 valence electrons. The predicted octanol–water partition coefficient (Wildman–Crippen LogP) is 3.55. The molecular formula is C26H24BrN9O3. The number of fused-ring (bicyclic) bond motifs is 1. The number of para-hydroxylation sites is 1. The van der Waals surface area contributed by atoms with E-state index >= 15 is 0 Å². The standard InChI is InChI=1S/C26H24BrN9O3/c1-3-38-18-8-14(16(27)9-19(18)39-11-20(37)33-17-7-5-4-6-13(17)2)23-21-22(30)15(10-28)24(31)35-25(21)36-26(34-23)32-12-29/h4-9,23H,3,11H2,1-2H3,(H,33,37)(H6,30,31,32,34,35,36). The molecule has 4 rings (SSSR count). The molecule has 0 radical (unpaired) electrons. The number of guanidine groups is 1. The third-order valence-corrected chi connectivity index (χ3v) is 6.48. The highest BCUT2D eigenvalue weighted by Gasteiger charge is 2.31. The molecule has 0 saturated carbocycles. The Morgan fingerprint density at radius 3 is 2.64 bits per heavy atom. The van der Waals surface area contributed by atoms with Crippen molar-refractivity contribution in [2.24, 2.45) is 4.99 Å². The van der Waals surface area contributed by atoms with Crippen molar-refractivity contribution in [2.75, 3.05) is 35.3 Å². The van der Waals surface area contributed by atoms with Gasteiger partial charge < -0.3 is 31.6 Å². The van der Waals surface area contributed by atoms with Crippen LogP contribution < -0.4 is 36.9 Å². The Morgan fingerprint density at radius 2 is 1.95 bits per heavy atom. The molecule has 39 heavy (non-hydrogen) atoms. The first-order valence-corrected chi connectivity index (χ1v) is 12.5. The zero-order chi connectivity index (χ0) is 28.1. The van der Waals surface area contributed by atoms with Crippen LogP contribution in [0.3, 0.4) is 0 Å². The Balaban J connectivity index is 1.70. The first-order valence-electron chi connectivity index (χ1n) is 11.7. The van der Waals surface area contributed by atoms with E-state index in [4.69, 9.17) is 26.2 Å². The monoisotopic (exact) mass is 589 g/mol. The number of aromatic nitrogens is 1. The van der Waals surface area contributed by atoms with Gasteiger partial charge in [0.25, 0.3) is 5.91 Å². The predicted molar refractivity (Wildman–Crippen MR) is 150 cm³/mol. The van der Waals surface area contributed by atoms with Gasteiger partial charge >= 0.3 is 0 Å². The number of nitriles is 2. The van der Waals surface area contributed by atoms with Gasteiger partial charge in [0.2, 0.25) is 5.96 Å². The zero-order valence-corrected chi connectivity index (χ0v) is 22.6. The van der Waals surface area contributed by atoms with Gasteiger partial charge in [-0.25, -0.2) is 9.98 Å². The lowest BCUT2D eigenvalue weighted by Gasteiger charge is -2.27. The van der Waals surface area contributed by atoms with E-state index in [-0.39, 0.29) is 41.4 Å². The van der Waals surface area contributed by atoms with Gasteiger partial charge in [-0.05, 0) is 43.2 Å². The molecule has 12 nitrogen and oxygen atoms in total. The zero-order valence-electron chi connectivity index (χ0n) is 21.0. The van der Waals surface area contributed by atoms with Gasteiger partial charge in [0.1, 0.15) is 29.3 Å². The van der Waals surface area contributed by atoms with Gasteiger partial charge in [0, 0.05) is 15.7 Å². The molecule has 0 spiro atoms. The third-order valence-electron chi connectivity index (χ3n) is 5.79. The molecule has 1 aliphatic heterocycles. The van der Waals surface area contributed by atoms with E-state index < -0.39 is 6.04 Å². The Morgan fingerprint density at radius 1 is 1.21 bits per heavy atom. The van der Waals surface area contributed by atoms with Crippen molar-refractivity contribution in [1.82, 2.24) is 10.3 Å². The fourth-order valence-electron chi connectivity index (χ4n) is 3.99. The van der Waals surface area contributed by atoms with Gasteiger partial charge in [-0.3, -0.25) is 10.1 Å². The molecule has 1 aliphatic rings. The van der Waals surface area contributed by atoms with Gasteiger partial charge in [-0.2, -0.15) is 10.5 Å². The van der Waals surface area contributed by atoms with E-state index in [0.717, 1.165) is 5.56 Å². The van der Waals surface area contributed by atoms with Gasteiger partial charge in [0.05, 0.1) is 12.3 Å².